The minimum absolute atomic E-state index is 0.0283. The molecule has 3 atom stereocenters. The van der Waals surface area contributed by atoms with Crippen LogP contribution in [-0.2, 0) is 38.7 Å². The smallest absolute Gasteiger partial charge is 0.251 e. The predicted molar refractivity (Wildman–Crippen MR) is 186 cm³/mol. The summed E-state index contributed by atoms with van der Waals surface area (Å²) in [6.07, 6.45) is 5.76. The molecule has 5 rings (SSSR count). The number of nitrogens with zero attached hydrogens (tertiary/aromatic N) is 3. The van der Waals surface area contributed by atoms with Crippen LogP contribution < -0.4 is 21.3 Å². The summed E-state index contributed by atoms with van der Waals surface area (Å²) in [7, 11) is 0. The number of aromatic nitrogens is 2. The Morgan fingerprint density at radius 1 is 0.898 bits per heavy atom. The number of benzene rings is 2. The number of nitrogens with one attached hydrogen (secondary N) is 4. The van der Waals surface area contributed by atoms with E-state index in [0.717, 1.165) is 16.7 Å². The molecule has 12 nitrogen and oxygen atoms in total. The summed E-state index contributed by atoms with van der Waals surface area (Å²) in [6, 6.07) is 13.6. The van der Waals surface area contributed by atoms with E-state index in [4.69, 9.17) is 0 Å². The average molecular weight is 672 g/mol. The van der Waals surface area contributed by atoms with Gasteiger partial charge in [-0.1, -0.05) is 56.3 Å². The number of rotatable bonds is 7. The van der Waals surface area contributed by atoms with Crippen LogP contribution in [0.2, 0.25) is 0 Å². The first-order valence-corrected chi connectivity index (χ1v) is 17.1. The second-order valence-electron chi connectivity index (χ2n) is 13.2. The van der Waals surface area contributed by atoms with Crippen LogP contribution in [0.5, 0.6) is 0 Å². The Morgan fingerprint density at radius 3 is 2.29 bits per heavy atom. The second-order valence-corrected chi connectivity index (χ2v) is 13.2. The van der Waals surface area contributed by atoms with Gasteiger partial charge >= 0.3 is 0 Å². The van der Waals surface area contributed by atoms with E-state index in [-0.39, 0.29) is 30.6 Å². The maximum atomic E-state index is 13.7. The SMILES string of the molecule is Cc1cnn(CCC(=O)N2CCCCNC(=O)[C@@H](C)NC(=O)[C@H](CC(C)C)NC(=O)[C@@H](Cc3ccccc3)NC(=O)c3ccc(cc3)C2)c1. The third kappa shape index (κ3) is 11.6. The molecule has 3 aromatic rings. The Hall–Kier alpha value is -5.00. The fourth-order valence-electron chi connectivity index (χ4n) is 5.68. The fraction of sp³-hybridized carbons (Fsp3) is 0.459. The molecule has 12 heteroatoms. The number of hydrogen-bond acceptors (Lipinski definition) is 6. The molecule has 5 amide bonds. The number of carbonyl (C=O) groups excluding carboxylic acids is 5. The van der Waals surface area contributed by atoms with E-state index < -0.39 is 35.8 Å². The fourth-order valence-corrected chi connectivity index (χ4v) is 5.68. The van der Waals surface area contributed by atoms with Gasteiger partial charge in [-0.2, -0.15) is 5.10 Å². The molecule has 0 spiro atoms. The Balaban J connectivity index is 1.57. The van der Waals surface area contributed by atoms with Crippen molar-refractivity contribution in [1.29, 1.82) is 0 Å². The third-order valence-corrected chi connectivity index (χ3v) is 8.41. The van der Waals surface area contributed by atoms with Crippen LogP contribution in [0, 0.1) is 12.8 Å². The van der Waals surface area contributed by atoms with Crippen LogP contribution in [0.15, 0.2) is 67.0 Å². The molecule has 0 saturated heterocycles. The van der Waals surface area contributed by atoms with Gasteiger partial charge in [0.2, 0.25) is 23.6 Å². The Kier molecular flexibility index (Phi) is 13.5. The van der Waals surface area contributed by atoms with Gasteiger partial charge in [-0.05, 0) is 67.9 Å². The molecule has 1 aromatic heterocycles. The molecule has 2 aliphatic rings. The molecule has 2 aromatic carbocycles. The number of aryl methyl sites for hydroxylation is 2. The van der Waals surface area contributed by atoms with Crippen molar-refractivity contribution in [3.05, 3.63) is 89.2 Å². The van der Waals surface area contributed by atoms with Crippen molar-refractivity contribution in [2.24, 2.45) is 5.92 Å². The van der Waals surface area contributed by atoms with Crippen molar-refractivity contribution >= 4 is 29.5 Å². The summed E-state index contributed by atoms with van der Waals surface area (Å²) in [5.41, 5.74) is 3.08. The second kappa shape index (κ2) is 18.0. The van der Waals surface area contributed by atoms with Gasteiger partial charge in [0.05, 0.1) is 6.20 Å². The highest BCUT2D eigenvalue weighted by atomic mass is 16.2. The van der Waals surface area contributed by atoms with Gasteiger partial charge in [-0.3, -0.25) is 28.7 Å². The van der Waals surface area contributed by atoms with Crippen LogP contribution in [0.4, 0.5) is 0 Å². The number of hydrogen-bond donors (Lipinski definition) is 4. The van der Waals surface area contributed by atoms with Crippen molar-refractivity contribution in [3.63, 3.8) is 0 Å². The van der Waals surface area contributed by atoms with E-state index in [2.05, 4.69) is 26.4 Å². The zero-order valence-electron chi connectivity index (χ0n) is 28.9. The van der Waals surface area contributed by atoms with E-state index in [1.807, 2.05) is 69.4 Å². The van der Waals surface area contributed by atoms with Gasteiger partial charge < -0.3 is 26.2 Å². The normalized spacial score (nSPS) is 20.2. The first-order valence-electron chi connectivity index (χ1n) is 17.1. The first-order chi connectivity index (χ1) is 23.5. The van der Waals surface area contributed by atoms with Gasteiger partial charge in [0.25, 0.3) is 5.91 Å². The highest BCUT2D eigenvalue weighted by Gasteiger charge is 2.29. The molecule has 2 bridgehead atoms. The number of amides is 5. The lowest BCUT2D eigenvalue weighted by atomic mass is 10.0. The average Bonchev–Trinajstić information content (AvgIpc) is 3.50. The summed E-state index contributed by atoms with van der Waals surface area (Å²) in [5, 5.41) is 15.6. The first kappa shape index (κ1) is 36.8. The topological polar surface area (TPSA) is 155 Å². The number of carbonyl (C=O) groups is 5. The number of fused-ring (bicyclic) bond motifs is 18. The molecule has 0 saturated carbocycles. The quantitative estimate of drug-likeness (QED) is 0.284. The molecular weight excluding hydrogens is 622 g/mol. The van der Waals surface area contributed by atoms with E-state index in [1.165, 1.54) is 0 Å². The van der Waals surface area contributed by atoms with Crippen molar-refractivity contribution in [1.82, 2.24) is 35.9 Å². The molecule has 4 N–H and O–H groups in total. The van der Waals surface area contributed by atoms with Crippen LogP contribution in [0.1, 0.15) is 73.5 Å². The molecular formula is C37H49N7O5. The zero-order valence-corrected chi connectivity index (χ0v) is 28.9. The monoisotopic (exact) mass is 671 g/mol. The van der Waals surface area contributed by atoms with E-state index in [0.29, 0.717) is 51.0 Å². The van der Waals surface area contributed by atoms with Gasteiger partial charge in [0.1, 0.15) is 18.1 Å². The Morgan fingerprint density at radius 2 is 1.61 bits per heavy atom. The lowest BCUT2D eigenvalue weighted by molar-refractivity contribution is -0.132. The highest BCUT2D eigenvalue weighted by Crippen LogP contribution is 2.13. The van der Waals surface area contributed by atoms with Crippen molar-refractivity contribution in [2.45, 2.75) is 91.0 Å². The molecule has 262 valence electrons. The Bertz CT molecular complexity index is 1570. The molecule has 2 aliphatic heterocycles. The highest BCUT2D eigenvalue weighted by molar-refractivity contribution is 5.99. The van der Waals surface area contributed by atoms with Gasteiger partial charge in [0.15, 0.2) is 0 Å². The summed E-state index contributed by atoms with van der Waals surface area (Å²) in [5.74, 6) is -1.72. The maximum Gasteiger partial charge on any atom is 0.251 e. The maximum absolute atomic E-state index is 13.7. The summed E-state index contributed by atoms with van der Waals surface area (Å²) >= 11 is 0. The van der Waals surface area contributed by atoms with E-state index in [9.17, 15) is 24.0 Å². The van der Waals surface area contributed by atoms with Crippen LogP contribution in [0.25, 0.3) is 0 Å². The van der Waals surface area contributed by atoms with Gasteiger partial charge in [-0.25, -0.2) is 0 Å². The third-order valence-electron chi connectivity index (χ3n) is 8.41. The summed E-state index contributed by atoms with van der Waals surface area (Å²) in [6.45, 7) is 9.10. The van der Waals surface area contributed by atoms with Gasteiger partial charge in [0, 0.05) is 50.8 Å². The van der Waals surface area contributed by atoms with E-state index >= 15 is 0 Å². The lowest BCUT2D eigenvalue weighted by Gasteiger charge is -2.25. The van der Waals surface area contributed by atoms with Crippen molar-refractivity contribution in [2.75, 3.05) is 13.1 Å². The van der Waals surface area contributed by atoms with Crippen LogP contribution in [0.3, 0.4) is 0 Å². The molecule has 0 fully saturated rings. The van der Waals surface area contributed by atoms with Crippen molar-refractivity contribution in [3.8, 4) is 0 Å². The molecule has 0 radical (unpaired) electrons. The molecule has 0 unspecified atom stereocenters. The van der Waals surface area contributed by atoms with Crippen LogP contribution in [-0.4, -0.2) is 75.4 Å². The lowest BCUT2D eigenvalue weighted by Crippen LogP contribution is -2.57. The zero-order chi connectivity index (χ0) is 35.3. The van der Waals surface area contributed by atoms with Crippen LogP contribution >= 0.6 is 0 Å². The molecule has 0 aliphatic carbocycles. The summed E-state index contributed by atoms with van der Waals surface area (Å²) in [4.78, 5) is 68.7. The largest absolute Gasteiger partial charge is 0.354 e. The minimum Gasteiger partial charge on any atom is -0.354 e. The molecule has 3 heterocycles. The Labute approximate surface area is 288 Å². The van der Waals surface area contributed by atoms with Crippen molar-refractivity contribution < 1.29 is 24.0 Å². The minimum atomic E-state index is -0.974. The van der Waals surface area contributed by atoms with E-state index in [1.54, 1.807) is 34.8 Å². The van der Waals surface area contributed by atoms with Gasteiger partial charge in [-0.15, -0.1) is 0 Å². The standard InChI is InChI=1S/C37H49N7O5/c1-25(2)20-31-36(48)40-27(4)34(46)38-17-8-9-18-43(33(45)16-19-44-23-26(3)22-39-44)24-29-12-14-30(15-13-29)35(47)41-32(37(49)42-31)21-28-10-6-5-7-11-28/h5-7,10-15,22-23,25,27,31-32H,8-9,16-21,24H2,1-4H3,(H,38,46)(H,40,48)(H,41,47)(H,42,49)/t27-,31+,32-/m1/s1. The predicted octanol–water partition coefficient (Wildman–Crippen LogP) is 2.90. The summed E-state index contributed by atoms with van der Waals surface area (Å²) < 4.78 is 1.75. The molecule has 49 heavy (non-hydrogen) atoms.